The number of benzene rings is 1. The normalized spacial score (nSPS) is 10.5. The molecule has 0 spiro atoms. The Morgan fingerprint density at radius 1 is 0.857 bits per heavy atom. The van der Waals surface area contributed by atoms with Crippen LogP contribution in [0.1, 0.15) is 5.69 Å². The first kappa shape index (κ1) is 13.1. The van der Waals surface area contributed by atoms with Gasteiger partial charge >= 0.3 is 0 Å². The maximum atomic E-state index is 5.81. The van der Waals surface area contributed by atoms with Crippen LogP contribution in [0.15, 0.2) is 48.7 Å². The molecule has 5 nitrogen and oxygen atoms in total. The molecule has 0 unspecified atom stereocenters. The second kappa shape index (κ2) is 5.20. The summed E-state index contributed by atoms with van der Waals surface area (Å²) in [6.45, 7) is 1.91. The van der Waals surface area contributed by atoms with Crippen molar-refractivity contribution >= 4 is 11.8 Å². The molecule has 0 bridgehead atoms. The van der Waals surface area contributed by atoms with E-state index in [1.807, 2.05) is 43.3 Å². The van der Waals surface area contributed by atoms with Crippen LogP contribution >= 0.6 is 0 Å². The predicted molar refractivity (Wildman–Crippen MR) is 84.3 cm³/mol. The zero-order chi connectivity index (χ0) is 14.8. The van der Waals surface area contributed by atoms with E-state index in [1.165, 1.54) is 0 Å². The first-order chi connectivity index (χ1) is 10.1. The van der Waals surface area contributed by atoms with Gasteiger partial charge in [0.05, 0.1) is 11.4 Å². The van der Waals surface area contributed by atoms with Gasteiger partial charge in [-0.05, 0) is 19.1 Å². The van der Waals surface area contributed by atoms with Crippen molar-refractivity contribution in [3.63, 3.8) is 0 Å². The van der Waals surface area contributed by atoms with Crippen LogP contribution in [0.4, 0.5) is 11.8 Å². The van der Waals surface area contributed by atoms with E-state index in [1.54, 1.807) is 12.3 Å². The summed E-state index contributed by atoms with van der Waals surface area (Å²) in [4.78, 5) is 12.8. The summed E-state index contributed by atoms with van der Waals surface area (Å²) in [7, 11) is 0. The van der Waals surface area contributed by atoms with Crippen LogP contribution < -0.4 is 11.5 Å². The molecule has 4 N–H and O–H groups in total. The highest BCUT2D eigenvalue weighted by molar-refractivity contribution is 5.82. The van der Waals surface area contributed by atoms with Crippen LogP contribution in [0.5, 0.6) is 0 Å². The number of anilines is 2. The number of nitrogens with zero attached hydrogens (tertiary/aromatic N) is 3. The number of rotatable bonds is 2. The number of aromatic nitrogens is 3. The Balaban J connectivity index is 2.26. The molecule has 3 aromatic rings. The van der Waals surface area contributed by atoms with Crippen molar-refractivity contribution in [1.29, 1.82) is 0 Å². The lowest BCUT2D eigenvalue weighted by molar-refractivity contribution is 1.12. The summed E-state index contributed by atoms with van der Waals surface area (Å²) >= 11 is 0. The van der Waals surface area contributed by atoms with Gasteiger partial charge in [0.2, 0.25) is 5.95 Å². The topological polar surface area (TPSA) is 90.7 Å². The molecule has 5 heteroatoms. The van der Waals surface area contributed by atoms with E-state index in [0.29, 0.717) is 5.82 Å². The highest BCUT2D eigenvalue weighted by Crippen LogP contribution is 2.32. The molecule has 0 aliphatic heterocycles. The maximum absolute atomic E-state index is 5.81. The number of aryl methyl sites for hydroxylation is 1. The van der Waals surface area contributed by atoms with Gasteiger partial charge in [0, 0.05) is 22.9 Å². The third-order valence-electron chi connectivity index (χ3n) is 3.23. The molecule has 104 valence electrons. The maximum Gasteiger partial charge on any atom is 0.220 e. The van der Waals surface area contributed by atoms with Gasteiger partial charge in [-0.1, -0.05) is 30.3 Å². The molecule has 21 heavy (non-hydrogen) atoms. The number of nitrogens with two attached hydrogens (primary N) is 2. The second-order valence-corrected chi connectivity index (χ2v) is 4.73. The summed E-state index contributed by atoms with van der Waals surface area (Å²) in [5.74, 6) is 0.743. The van der Waals surface area contributed by atoms with Crippen molar-refractivity contribution in [3.05, 3.63) is 54.4 Å². The third kappa shape index (κ3) is 2.53. The van der Waals surface area contributed by atoms with Gasteiger partial charge in [-0.15, -0.1) is 0 Å². The SMILES string of the molecule is Cc1nc(N)nc(-c2ccccc2)c1-c1ccc(N)nc1. The fraction of sp³-hybridized carbons (Fsp3) is 0.0625. The number of hydrogen-bond acceptors (Lipinski definition) is 5. The molecule has 0 atom stereocenters. The Morgan fingerprint density at radius 2 is 1.62 bits per heavy atom. The molecule has 0 fully saturated rings. The smallest absolute Gasteiger partial charge is 0.220 e. The molecule has 0 amide bonds. The Hall–Kier alpha value is -2.95. The number of nitrogen functional groups attached to an aromatic ring is 2. The Morgan fingerprint density at radius 3 is 2.29 bits per heavy atom. The van der Waals surface area contributed by atoms with Gasteiger partial charge in [-0.3, -0.25) is 0 Å². The lowest BCUT2D eigenvalue weighted by Gasteiger charge is -2.12. The van der Waals surface area contributed by atoms with Crippen LogP contribution in [-0.4, -0.2) is 15.0 Å². The van der Waals surface area contributed by atoms with Gasteiger partial charge in [-0.25, -0.2) is 15.0 Å². The van der Waals surface area contributed by atoms with Crippen LogP contribution in [0, 0.1) is 6.92 Å². The summed E-state index contributed by atoms with van der Waals surface area (Å²) < 4.78 is 0. The summed E-state index contributed by atoms with van der Waals surface area (Å²) in [6, 6.07) is 13.6. The highest BCUT2D eigenvalue weighted by atomic mass is 15.0. The summed E-state index contributed by atoms with van der Waals surface area (Å²) in [6.07, 6.45) is 1.73. The molecule has 0 saturated heterocycles. The summed E-state index contributed by atoms with van der Waals surface area (Å²) in [5.41, 5.74) is 15.9. The second-order valence-electron chi connectivity index (χ2n) is 4.73. The van der Waals surface area contributed by atoms with Crippen LogP contribution in [0.25, 0.3) is 22.4 Å². The van der Waals surface area contributed by atoms with Crippen LogP contribution in [0.3, 0.4) is 0 Å². The minimum absolute atomic E-state index is 0.263. The van der Waals surface area contributed by atoms with E-state index in [2.05, 4.69) is 15.0 Å². The molecule has 2 heterocycles. The van der Waals surface area contributed by atoms with Gasteiger partial charge in [0.15, 0.2) is 0 Å². The van der Waals surface area contributed by atoms with E-state index >= 15 is 0 Å². The van der Waals surface area contributed by atoms with E-state index in [9.17, 15) is 0 Å². The fourth-order valence-corrected chi connectivity index (χ4v) is 2.30. The molecule has 2 aromatic heterocycles. The lowest BCUT2D eigenvalue weighted by atomic mass is 9.99. The zero-order valence-corrected chi connectivity index (χ0v) is 11.6. The molecular weight excluding hydrogens is 262 g/mol. The molecule has 3 rings (SSSR count). The average Bonchev–Trinajstić information content (AvgIpc) is 2.49. The highest BCUT2D eigenvalue weighted by Gasteiger charge is 2.14. The fourth-order valence-electron chi connectivity index (χ4n) is 2.30. The third-order valence-corrected chi connectivity index (χ3v) is 3.23. The van der Waals surface area contributed by atoms with Gasteiger partial charge in [0.1, 0.15) is 5.82 Å². The first-order valence-electron chi connectivity index (χ1n) is 6.56. The molecule has 0 aliphatic carbocycles. The van der Waals surface area contributed by atoms with Gasteiger partial charge in [-0.2, -0.15) is 0 Å². The zero-order valence-electron chi connectivity index (χ0n) is 11.6. The molecular formula is C16H15N5. The predicted octanol–water partition coefficient (Wildman–Crippen LogP) is 2.68. The monoisotopic (exact) mass is 277 g/mol. The Bertz CT molecular complexity index is 767. The van der Waals surface area contributed by atoms with Crippen molar-refractivity contribution in [2.45, 2.75) is 6.92 Å². The molecule has 0 radical (unpaired) electrons. The molecule has 0 aliphatic rings. The standard InChI is InChI=1S/C16H15N5/c1-10-14(12-7-8-13(17)19-9-12)15(21-16(18)20-10)11-5-3-2-4-6-11/h2-9H,1H3,(H2,17,19)(H2,18,20,21). The largest absolute Gasteiger partial charge is 0.384 e. The summed E-state index contributed by atoms with van der Waals surface area (Å²) in [5, 5.41) is 0. The average molecular weight is 277 g/mol. The Kier molecular flexibility index (Phi) is 3.23. The Labute approximate surface area is 122 Å². The lowest BCUT2D eigenvalue weighted by Crippen LogP contribution is -2.02. The molecule has 1 aromatic carbocycles. The van der Waals surface area contributed by atoms with E-state index in [-0.39, 0.29) is 5.95 Å². The van der Waals surface area contributed by atoms with Crippen LogP contribution in [0.2, 0.25) is 0 Å². The van der Waals surface area contributed by atoms with Crippen molar-refractivity contribution in [2.24, 2.45) is 0 Å². The van der Waals surface area contributed by atoms with E-state index in [4.69, 9.17) is 11.5 Å². The molecule has 0 saturated carbocycles. The van der Waals surface area contributed by atoms with Gasteiger partial charge < -0.3 is 11.5 Å². The van der Waals surface area contributed by atoms with Crippen molar-refractivity contribution in [3.8, 4) is 22.4 Å². The minimum Gasteiger partial charge on any atom is -0.384 e. The first-order valence-corrected chi connectivity index (χ1v) is 6.56. The quantitative estimate of drug-likeness (QED) is 0.751. The van der Waals surface area contributed by atoms with Crippen LogP contribution in [-0.2, 0) is 0 Å². The van der Waals surface area contributed by atoms with Gasteiger partial charge in [0.25, 0.3) is 0 Å². The number of hydrogen-bond donors (Lipinski definition) is 2. The van der Waals surface area contributed by atoms with Crippen molar-refractivity contribution < 1.29 is 0 Å². The van der Waals surface area contributed by atoms with Crippen molar-refractivity contribution in [1.82, 2.24) is 15.0 Å². The van der Waals surface area contributed by atoms with E-state index in [0.717, 1.165) is 28.1 Å². The minimum atomic E-state index is 0.263. The number of pyridine rings is 1. The van der Waals surface area contributed by atoms with Crippen molar-refractivity contribution in [2.75, 3.05) is 11.5 Å². The van der Waals surface area contributed by atoms with E-state index < -0.39 is 0 Å².